The van der Waals surface area contributed by atoms with Crippen LogP contribution in [0.4, 0.5) is 4.79 Å². The summed E-state index contributed by atoms with van der Waals surface area (Å²) >= 11 is 0. The predicted octanol–water partition coefficient (Wildman–Crippen LogP) is 1.75. The zero-order chi connectivity index (χ0) is 18.5. The van der Waals surface area contributed by atoms with Gasteiger partial charge in [0, 0.05) is 0 Å². The van der Waals surface area contributed by atoms with Gasteiger partial charge in [-0.2, -0.15) is 4.68 Å². The number of rotatable bonds is 5. The van der Waals surface area contributed by atoms with Gasteiger partial charge in [0.1, 0.15) is 18.2 Å². The largest absolute Gasteiger partial charge is 0.445 e. The first kappa shape index (κ1) is 17.6. The molecule has 1 aromatic heterocycles. The van der Waals surface area contributed by atoms with E-state index in [-0.39, 0.29) is 6.61 Å². The summed E-state index contributed by atoms with van der Waals surface area (Å²) in [4.78, 5) is 24.7. The highest BCUT2D eigenvalue weighted by Gasteiger charge is 2.29. The summed E-state index contributed by atoms with van der Waals surface area (Å²) in [6, 6.07) is 14.8. The van der Waals surface area contributed by atoms with E-state index in [1.54, 1.807) is 24.3 Å². The molecule has 0 saturated carbocycles. The molecule has 2 atom stereocenters. The van der Waals surface area contributed by atoms with Gasteiger partial charge in [-0.15, -0.1) is 5.10 Å². The van der Waals surface area contributed by atoms with Gasteiger partial charge in [0.05, 0.1) is 11.6 Å². The summed E-state index contributed by atoms with van der Waals surface area (Å²) in [5, 5.41) is 20.0. The minimum absolute atomic E-state index is 0.0552. The van der Waals surface area contributed by atoms with Crippen LogP contribution in [0.3, 0.4) is 0 Å². The highest BCUT2D eigenvalue weighted by Crippen LogP contribution is 2.11. The van der Waals surface area contributed by atoms with Gasteiger partial charge in [-0.05, 0) is 24.6 Å². The molecule has 26 heavy (non-hydrogen) atoms. The highest BCUT2D eigenvalue weighted by atomic mass is 16.5. The van der Waals surface area contributed by atoms with Crippen molar-refractivity contribution >= 4 is 23.0 Å². The Labute approximate surface area is 149 Å². The van der Waals surface area contributed by atoms with Crippen LogP contribution in [0.25, 0.3) is 11.0 Å². The van der Waals surface area contributed by atoms with E-state index in [0.29, 0.717) is 11.0 Å². The number of amides is 1. The molecule has 3 aromatic rings. The van der Waals surface area contributed by atoms with Crippen molar-refractivity contribution in [1.29, 1.82) is 0 Å². The van der Waals surface area contributed by atoms with Crippen LogP contribution in [0, 0.1) is 0 Å². The summed E-state index contributed by atoms with van der Waals surface area (Å²) in [6.45, 7) is 1.46. The third-order valence-corrected chi connectivity index (χ3v) is 3.80. The fourth-order valence-corrected chi connectivity index (χ4v) is 2.44. The van der Waals surface area contributed by atoms with Crippen molar-refractivity contribution in [3.8, 4) is 0 Å². The lowest BCUT2D eigenvalue weighted by atomic mass is 10.1. The predicted molar refractivity (Wildman–Crippen MR) is 93.4 cm³/mol. The first-order chi connectivity index (χ1) is 12.6. The maximum atomic E-state index is 12.7. The van der Waals surface area contributed by atoms with E-state index in [2.05, 4.69) is 15.6 Å². The number of aromatic nitrogens is 3. The molecule has 134 valence electrons. The average molecular weight is 354 g/mol. The standard InChI is InChI=1S/C18H18N4O4/c1-12(23)16(19-18(25)26-11-13-7-3-2-4-8-13)17(24)22-15-10-6-5-9-14(15)20-21-22/h2-10,12,16,23H,11H2,1H3,(H,19,25). The number of carbonyl (C=O) groups excluding carboxylic acids is 2. The number of alkyl carbamates (subject to hydrolysis) is 1. The molecule has 2 N–H and O–H groups in total. The van der Waals surface area contributed by atoms with E-state index >= 15 is 0 Å². The fraction of sp³-hybridized carbons (Fsp3) is 0.222. The van der Waals surface area contributed by atoms with Gasteiger partial charge in [-0.25, -0.2) is 4.79 Å². The van der Waals surface area contributed by atoms with Crippen LogP contribution >= 0.6 is 0 Å². The summed E-state index contributed by atoms with van der Waals surface area (Å²) in [5.41, 5.74) is 1.84. The zero-order valence-electron chi connectivity index (χ0n) is 14.1. The van der Waals surface area contributed by atoms with Crippen LogP contribution in [0.1, 0.15) is 17.3 Å². The Morgan fingerprint density at radius 2 is 1.85 bits per heavy atom. The molecule has 1 amide bonds. The lowest BCUT2D eigenvalue weighted by molar-refractivity contribution is 0.0665. The highest BCUT2D eigenvalue weighted by molar-refractivity contribution is 5.93. The lowest BCUT2D eigenvalue weighted by Gasteiger charge is -2.19. The van der Waals surface area contributed by atoms with E-state index in [0.717, 1.165) is 10.2 Å². The molecular formula is C18H18N4O4. The summed E-state index contributed by atoms with van der Waals surface area (Å²) in [6.07, 6.45) is -1.95. The molecule has 2 unspecified atom stereocenters. The quantitative estimate of drug-likeness (QED) is 0.723. The first-order valence-corrected chi connectivity index (χ1v) is 8.06. The van der Waals surface area contributed by atoms with Crippen LogP contribution < -0.4 is 5.32 Å². The Morgan fingerprint density at radius 3 is 2.58 bits per heavy atom. The Kier molecular flexibility index (Phi) is 5.23. The molecule has 0 spiro atoms. The second kappa shape index (κ2) is 7.75. The molecule has 0 fully saturated rings. The number of para-hydroxylation sites is 1. The monoisotopic (exact) mass is 354 g/mol. The van der Waals surface area contributed by atoms with Gasteiger partial charge in [0.15, 0.2) is 0 Å². The molecule has 0 aliphatic heterocycles. The van der Waals surface area contributed by atoms with Gasteiger partial charge in [0.25, 0.3) is 5.91 Å². The second-order valence-electron chi connectivity index (χ2n) is 5.75. The van der Waals surface area contributed by atoms with E-state index in [4.69, 9.17) is 4.74 Å². The Bertz CT molecular complexity index is 908. The van der Waals surface area contributed by atoms with Gasteiger partial charge in [-0.3, -0.25) is 4.79 Å². The lowest BCUT2D eigenvalue weighted by Crippen LogP contribution is -2.50. The topological polar surface area (TPSA) is 106 Å². The van der Waals surface area contributed by atoms with E-state index < -0.39 is 24.1 Å². The molecule has 1 heterocycles. The molecule has 2 aromatic carbocycles. The Morgan fingerprint density at radius 1 is 1.15 bits per heavy atom. The number of nitrogens with one attached hydrogen (secondary N) is 1. The fourth-order valence-electron chi connectivity index (χ4n) is 2.44. The number of benzene rings is 2. The number of aliphatic hydroxyl groups excluding tert-OH is 1. The van der Waals surface area contributed by atoms with E-state index in [9.17, 15) is 14.7 Å². The number of aliphatic hydroxyl groups is 1. The molecular weight excluding hydrogens is 336 g/mol. The van der Waals surface area contributed by atoms with E-state index in [1.807, 2.05) is 30.3 Å². The van der Waals surface area contributed by atoms with Crippen molar-refractivity contribution in [2.75, 3.05) is 0 Å². The summed E-state index contributed by atoms with van der Waals surface area (Å²) in [7, 11) is 0. The first-order valence-electron chi connectivity index (χ1n) is 8.06. The summed E-state index contributed by atoms with van der Waals surface area (Å²) in [5.74, 6) is -0.606. The number of hydrogen-bond acceptors (Lipinski definition) is 6. The van der Waals surface area contributed by atoms with Crippen molar-refractivity contribution < 1.29 is 19.4 Å². The third-order valence-electron chi connectivity index (χ3n) is 3.80. The van der Waals surface area contributed by atoms with Crippen LogP contribution in [0.5, 0.6) is 0 Å². The van der Waals surface area contributed by atoms with Crippen LogP contribution in [0.2, 0.25) is 0 Å². The van der Waals surface area contributed by atoms with Crippen molar-refractivity contribution in [3.63, 3.8) is 0 Å². The van der Waals surface area contributed by atoms with Crippen molar-refractivity contribution in [2.24, 2.45) is 0 Å². The Hall–Kier alpha value is -3.26. The number of ether oxygens (including phenoxy) is 1. The number of hydrogen-bond donors (Lipinski definition) is 2. The minimum Gasteiger partial charge on any atom is -0.445 e. The SMILES string of the molecule is CC(O)C(NC(=O)OCc1ccccc1)C(=O)n1nnc2ccccc21. The maximum absolute atomic E-state index is 12.7. The average Bonchev–Trinajstić information content (AvgIpc) is 3.08. The van der Waals surface area contributed by atoms with Crippen molar-refractivity contribution in [2.45, 2.75) is 25.7 Å². The van der Waals surface area contributed by atoms with Crippen LogP contribution in [-0.4, -0.2) is 44.2 Å². The van der Waals surface area contributed by atoms with Crippen molar-refractivity contribution in [1.82, 2.24) is 20.3 Å². The normalized spacial score (nSPS) is 13.2. The van der Waals surface area contributed by atoms with E-state index in [1.165, 1.54) is 6.92 Å². The third kappa shape index (κ3) is 3.86. The molecule has 0 aliphatic rings. The molecule has 8 nitrogen and oxygen atoms in total. The molecule has 0 saturated heterocycles. The van der Waals surface area contributed by atoms with Gasteiger partial charge in [-0.1, -0.05) is 47.7 Å². The zero-order valence-corrected chi connectivity index (χ0v) is 14.1. The molecule has 3 rings (SSSR count). The maximum Gasteiger partial charge on any atom is 0.408 e. The Balaban J connectivity index is 1.70. The number of fused-ring (bicyclic) bond motifs is 1. The van der Waals surface area contributed by atoms with Gasteiger partial charge >= 0.3 is 6.09 Å². The van der Waals surface area contributed by atoms with Gasteiger partial charge in [0.2, 0.25) is 0 Å². The number of nitrogens with zero attached hydrogens (tertiary/aromatic N) is 3. The van der Waals surface area contributed by atoms with Crippen LogP contribution in [0.15, 0.2) is 54.6 Å². The van der Waals surface area contributed by atoms with Crippen LogP contribution in [-0.2, 0) is 11.3 Å². The summed E-state index contributed by atoms with van der Waals surface area (Å²) < 4.78 is 6.16. The molecule has 0 aliphatic carbocycles. The molecule has 0 radical (unpaired) electrons. The molecule has 8 heteroatoms. The smallest absolute Gasteiger partial charge is 0.408 e. The van der Waals surface area contributed by atoms with Gasteiger partial charge < -0.3 is 15.2 Å². The molecule has 0 bridgehead atoms. The second-order valence-corrected chi connectivity index (χ2v) is 5.75. The minimum atomic E-state index is -1.22. The van der Waals surface area contributed by atoms with Crippen molar-refractivity contribution in [3.05, 3.63) is 60.2 Å². The number of carbonyl (C=O) groups is 2.